The van der Waals surface area contributed by atoms with Gasteiger partial charge in [-0.05, 0) is 24.7 Å². The molecule has 0 amide bonds. The molecule has 0 bridgehead atoms. The van der Waals surface area contributed by atoms with Crippen molar-refractivity contribution in [3.05, 3.63) is 0 Å². The molecule has 2 unspecified atom stereocenters. The molecule has 2 saturated carbocycles. The van der Waals surface area contributed by atoms with Crippen molar-refractivity contribution in [3.8, 4) is 0 Å². The van der Waals surface area contributed by atoms with E-state index in [4.69, 9.17) is 11.6 Å². The maximum atomic E-state index is 6.47. The summed E-state index contributed by atoms with van der Waals surface area (Å²) in [5.41, 5.74) is 0. The van der Waals surface area contributed by atoms with Crippen LogP contribution in [-0.4, -0.2) is 5.38 Å². The second kappa shape index (κ2) is 4.68. The Morgan fingerprint density at radius 1 is 0.692 bits per heavy atom. The first-order valence-corrected chi connectivity index (χ1v) is 6.45. The Labute approximate surface area is 87.0 Å². The van der Waals surface area contributed by atoms with E-state index >= 15 is 0 Å². The van der Waals surface area contributed by atoms with Gasteiger partial charge >= 0.3 is 0 Å². The molecule has 0 aliphatic heterocycles. The fourth-order valence-electron chi connectivity index (χ4n) is 3.21. The van der Waals surface area contributed by atoms with E-state index in [1.165, 1.54) is 57.8 Å². The van der Waals surface area contributed by atoms with Crippen LogP contribution in [0.15, 0.2) is 0 Å². The lowest BCUT2D eigenvalue weighted by Crippen LogP contribution is -2.21. The molecule has 2 aliphatic carbocycles. The van der Waals surface area contributed by atoms with Crippen molar-refractivity contribution >= 4 is 11.6 Å². The number of hydrogen-bond acceptors (Lipinski definition) is 0. The van der Waals surface area contributed by atoms with Crippen molar-refractivity contribution in [2.24, 2.45) is 11.8 Å². The molecule has 0 radical (unpaired) electrons. The molecule has 1 heteroatoms. The highest BCUT2D eigenvalue weighted by atomic mass is 35.5. The van der Waals surface area contributed by atoms with E-state index in [1.54, 1.807) is 0 Å². The number of rotatable bonds is 1. The van der Waals surface area contributed by atoms with Crippen molar-refractivity contribution in [1.82, 2.24) is 0 Å². The van der Waals surface area contributed by atoms with Crippen LogP contribution < -0.4 is 0 Å². The van der Waals surface area contributed by atoms with Gasteiger partial charge in [0.15, 0.2) is 0 Å². The largest absolute Gasteiger partial charge is 0.123 e. The Morgan fingerprint density at radius 3 is 2.08 bits per heavy atom. The molecule has 2 aliphatic rings. The molecule has 0 N–H and O–H groups in total. The third-order valence-corrected chi connectivity index (χ3v) is 4.53. The van der Waals surface area contributed by atoms with Gasteiger partial charge in [0, 0.05) is 5.38 Å². The standard InChI is InChI=1S/C12H21Cl/c13-12-9-3-1-2-8-11(12)10-6-4-5-7-10/h10-12H,1-9H2. The van der Waals surface area contributed by atoms with Gasteiger partial charge in [-0.25, -0.2) is 0 Å². The minimum Gasteiger partial charge on any atom is -0.123 e. The van der Waals surface area contributed by atoms with Crippen LogP contribution in [0.4, 0.5) is 0 Å². The first-order chi connectivity index (χ1) is 6.38. The van der Waals surface area contributed by atoms with E-state index in [0.717, 1.165) is 11.8 Å². The van der Waals surface area contributed by atoms with Crippen LogP contribution in [0.3, 0.4) is 0 Å². The van der Waals surface area contributed by atoms with Gasteiger partial charge in [-0.2, -0.15) is 0 Å². The Kier molecular flexibility index (Phi) is 3.54. The molecule has 2 fully saturated rings. The average molecular weight is 201 g/mol. The van der Waals surface area contributed by atoms with Crippen LogP contribution in [0.25, 0.3) is 0 Å². The smallest absolute Gasteiger partial charge is 0.0366 e. The van der Waals surface area contributed by atoms with E-state index in [-0.39, 0.29) is 0 Å². The maximum absolute atomic E-state index is 6.47. The topological polar surface area (TPSA) is 0 Å². The molecule has 13 heavy (non-hydrogen) atoms. The molecule has 0 saturated heterocycles. The number of hydrogen-bond donors (Lipinski definition) is 0. The molecule has 0 aromatic heterocycles. The Morgan fingerprint density at radius 2 is 1.31 bits per heavy atom. The van der Waals surface area contributed by atoms with Gasteiger partial charge in [-0.3, -0.25) is 0 Å². The van der Waals surface area contributed by atoms with Gasteiger partial charge < -0.3 is 0 Å². The van der Waals surface area contributed by atoms with Gasteiger partial charge in [-0.15, -0.1) is 11.6 Å². The van der Waals surface area contributed by atoms with Gasteiger partial charge in [0.1, 0.15) is 0 Å². The van der Waals surface area contributed by atoms with E-state index in [9.17, 15) is 0 Å². The van der Waals surface area contributed by atoms with Crippen LogP contribution in [0.5, 0.6) is 0 Å². The minimum atomic E-state index is 0.505. The lowest BCUT2D eigenvalue weighted by molar-refractivity contribution is 0.309. The van der Waals surface area contributed by atoms with Crippen molar-refractivity contribution in [3.63, 3.8) is 0 Å². The van der Waals surface area contributed by atoms with Gasteiger partial charge in [0.05, 0.1) is 0 Å². The highest BCUT2D eigenvalue weighted by Crippen LogP contribution is 2.40. The van der Waals surface area contributed by atoms with E-state index in [0.29, 0.717) is 5.38 Å². The summed E-state index contributed by atoms with van der Waals surface area (Å²) < 4.78 is 0. The Balaban J connectivity index is 1.93. The van der Waals surface area contributed by atoms with Gasteiger partial charge in [0.2, 0.25) is 0 Å². The quantitative estimate of drug-likeness (QED) is 0.436. The van der Waals surface area contributed by atoms with Crippen molar-refractivity contribution in [2.75, 3.05) is 0 Å². The normalized spacial score (nSPS) is 37.6. The van der Waals surface area contributed by atoms with Crippen molar-refractivity contribution < 1.29 is 0 Å². The lowest BCUT2D eigenvalue weighted by atomic mass is 9.85. The van der Waals surface area contributed by atoms with Crippen LogP contribution in [0, 0.1) is 11.8 Å². The molecule has 76 valence electrons. The molecular formula is C12H21Cl. The molecule has 0 heterocycles. The second-order valence-corrected chi connectivity index (χ2v) is 5.42. The zero-order chi connectivity index (χ0) is 9.10. The summed E-state index contributed by atoms with van der Waals surface area (Å²) in [4.78, 5) is 0. The fourth-order valence-corrected chi connectivity index (χ4v) is 3.69. The van der Waals surface area contributed by atoms with Crippen LogP contribution in [-0.2, 0) is 0 Å². The van der Waals surface area contributed by atoms with Crippen LogP contribution in [0.2, 0.25) is 0 Å². The third-order valence-electron chi connectivity index (χ3n) is 3.99. The van der Waals surface area contributed by atoms with E-state index < -0.39 is 0 Å². The number of halogens is 1. The zero-order valence-corrected chi connectivity index (χ0v) is 9.23. The molecule has 0 aromatic rings. The molecule has 0 aromatic carbocycles. The van der Waals surface area contributed by atoms with Crippen LogP contribution >= 0.6 is 11.6 Å². The summed E-state index contributed by atoms with van der Waals surface area (Å²) in [6.45, 7) is 0. The summed E-state index contributed by atoms with van der Waals surface area (Å²) in [7, 11) is 0. The highest BCUT2D eigenvalue weighted by Gasteiger charge is 2.30. The van der Waals surface area contributed by atoms with Crippen LogP contribution in [0.1, 0.15) is 57.8 Å². The summed E-state index contributed by atoms with van der Waals surface area (Å²) >= 11 is 6.47. The third kappa shape index (κ3) is 2.40. The summed E-state index contributed by atoms with van der Waals surface area (Å²) in [6.07, 6.45) is 12.8. The SMILES string of the molecule is ClC1CCCCCC1C1CCCC1. The monoisotopic (exact) mass is 200 g/mol. The predicted octanol–water partition coefficient (Wildman–Crippen LogP) is 4.36. The summed E-state index contributed by atoms with van der Waals surface area (Å²) in [6, 6.07) is 0. The van der Waals surface area contributed by atoms with Gasteiger partial charge in [-0.1, -0.05) is 44.9 Å². The number of alkyl halides is 1. The van der Waals surface area contributed by atoms with E-state index in [2.05, 4.69) is 0 Å². The van der Waals surface area contributed by atoms with Crippen molar-refractivity contribution in [2.45, 2.75) is 63.2 Å². The Hall–Kier alpha value is 0.290. The average Bonchev–Trinajstić information content (AvgIpc) is 2.56. The molecule has 2 rings (SSSR count). The second-order valence-electron chi connectivity index (χ2n) is 4.86. The first-order valence-electron chi connectivity index (χ1n) is 6.02. The van der Waals surface area contributed by atoms with Gasteiger partial charge in [0.25, 0.3) is 0 Å². The molecular weight excluding hydrogens is 180 g/mol. The maximum Gasteiger partial charge on any atom is 0.0366 e. The molecule has 2 atom stereocenters. The molecule has 0 spiro atoms. The predicted molar refractivity (Wildman–Crippen MR) is 58.2 cm³/mol. The fraction of sp³-hybridized carbons (Fsp3) is 1.00. The van der Waals surface area contributed by atoms with E-state index in [1.807, 2.05) is 0 Å². The Bertz CT molecular complexity index is 149. The summed E-state index contributed by atoms with van der Waals surface area (Å²) in [5, 5.41) is 0.505. The lowest BCUT2D eigenvalue weighted by Gasteiger charge is -2.25. The first kappa shape index (κ1) is 9.83. The zero-order valence-electron chi connectivity index (χ0n) is 8.47. The molecule has 0 nitrogen and oxygen atoms in total. The van der Waals surface area contributed by atoms with Crippen molar-refractivity contribution in [1.29, 1.82) is 0 Å². The minimum absolute atomic E-state index is 0.505. The summed E-state index contributed by atoms with van der Waals surface area (Å²) in [5.74, 6) is 1.85. The highest BCUT2D eigenvalue weighted by molar-refractivity contribution is 6.20.